The highest BCUT2D eigenvalue weighted by Gasteiger charge is 2.33. The van der Waals surface area contributed by atoms with Gasteiger partial charge in [0.2, 0.25) is 0 Å². The highest BCUT2D eigenvalue weighted by atomic mass is 35.5. The van der Waals surface area contributed by atoms with Gasteiger partial charge in [-0.15, -0.1) is 0 Å². The van der Waals surface area contributed by atoms with Crippen LogP contribution in [-0.4, -0.2) is 50.5 Å². The molecule has 1 N–H and O–H groups in total. The molecule has 1 aliphatic heterocycles. The standard InChI is InChI=1S/C15H24ClN3O2/c1-10(2)17-6-11-5-15(18-7-12(11)16)19-8-13(20-3)14(9-19)21-4/h5,7,10,13-14,17H,6,8-9H2,1-4H3. The van der Waals surface area contributed by atoms with Crippen LogP contribution < -0.4 is 10.2 Å². The third kappa shape index (κ3) is 4.07. The molecule has 0 amide bonds. The van der Waals surface area contributed by atoms with Gasteiger partial charge in [0.15, 0.2) is 0 Å². The lowest BCUT2D eigenvalue weighted by molar-refractivity contribution is -0.00461. The van der Waals surface area contributed by atoms with Gasteiger partial charge in [-0.2, -0.15) is 0 Å². The number of hydrogen-bond donors (Lipinski definition) is 1. The fraction of sp³-hybridized carbons (Fsp3) is 0.667. The summed E-state index contributed by atoms with van der Waals surface area (Å²) in [6.45, 7) is 6.52. The Morgan fingerprint density at radius 3 is 2.48 bits per heavy atom. The van der Waals surface area contributed by atoms with Gasteiger partial charge >= 0.3 is 0 Å². The second kappa shape index (κ2) is 7.40. The first-order valence-corrected chi connectivity index (χ1v) is 7.61. The molecule has 0 radical (unpaired) electrons. The summed E-state index contributed by atoms with van der Waals surface area (Å²) in [6, 6.07) is 2.46. The zero-order chi connectivity index (χ0) is 15.4. The molecular formula is C15H24ClN3O2. The van der Waals surface area contributed by atoms with Crippen LogP contribution in [0.3, 0.4) is 0 Å². The third-order valence-electron chi connectivity index (χ3n) is 3.77. The van der Waals surface area contributed by atoms with E-state index in [1.807, 2.05) is 6.07 Å². The molecule has 0 aliphatic carbocycles. The van der Waals surface area contributed by atoms with E-state index in [4.69, 9.17) is 21.1 Å². The summed E-state index contributed by atoms with van der Waals surface area (Å²) >= 11 is 6.23. The maximum Gasteiger partial charge on any atom is 0.129 e. The molecule has 0 aromatic carbocycles. The minimum absolute atomic E-state index is 0.0738. The Hall–Kier alpha value is -0.880. The molecule has 21 heavy (non-hydrogen) atoms. The predicted molar refractivity (Wildman–Crippen MR) is 85.0 cm³/mol. The lowest BCUT2D eigenvalue weighted by Crippen LogP contribution is -2.27. The summed E-state index contributed by atoms with van der Waals surface area (Å²) in [5, 5.41) is 4.07. The minimum Gasteiger partial charge on any atom is -0.377 e. The summed E-state index contributed by atoms with van der Waals surface area (Å²) in [5.41, 5.74) is 1.06. The van der Waals surface area contributed by atoms with E-state index in [2.05, 4.69) is 29.0 Å². The van der Waals surface area contributed by atoms with E-state index in [0.29, 0.717) is 11.1 Å². The van der Waals surface area contributed by atoms with Crippen molar-refractivity contribution in [2.45, 2.75) is 38.6 Å². The molecule has 0 spiro atoms. The molecule has 6 heteroatoms. The minimum atomic E-state index is 0.0738. The quantitative estimate of drug-likeness (QED) is 0.871. The lowest BCUT2D eigenvalue weighted by atomic mass is 10.2. The molecule has 5 nitrogen and oxygen atoms in total. The smallest absolute Gasteiger partial charge is 0.129 e. The van der Waals surface area contributed by atoms with Crippen molar-refractivity contribution in [1.29, 1.82) is 0 Å². The van der Waals surface area contributed by atoms with Gasteiger partial charge in [-0.25, -0.2) is 4.98 Å². The molecule has 1 fully saturated rings. The summed E-state index contributed by atoms with van der Waals surface area (Å²) in [5.74, 6) is 0.918. The zero-order valence-electron chi connectivity index (χ0n) is 13.1. The van der Waals surface area contributed by atoms with Crippen LogP contribution >= 0.6 is 11.6 Å². The van der Waals surface area contributed by atoms with Crippen LogP contribution in [0.4, 0.5) is 5.82 Å². The topological polar surface area (TPSA) is 46.6 Å². The Labute approximate surface area is 131 Å². The summed E-state index contributed by atoms with van der Waals surface area (Å²) in [7, 11) is 3.43. The largest absolute Gasteiger partial charge is 0.377 e. The highest BCUT2D eigenvalue weighted by Crippen LogP contribution is 2.25. The first kappa shape index (κ1) is 16.5. The Kier molecular flexibility index (Phi) is 5.81. The van der Waals surface area contributed by atoms with Crippen molar-refractivity contribution in [2.24, 2.45) is 0 Å². The molecule has 0 saturated carbocycles. The van der Waals surface area contributed by atoms with Crippen molar-refractivity contribution in [1.82, 2.24) is 10.3 Å². The van der Waals surface area contributed by atoms with Gasteiger partial charge < -0.3 is 19.7 Å². The Bertz CT molecular complexity index is 458. The maximum atomic E-state index is 6.23. The second-order valence-electron chi connectivity index (χ2n) is 5.62. The average molecular weight is 314 g/mol. The number of rotatable bonds is 6. The Morgan fingerprint density at radius 2 is 1.95 bits per heavy atom. The third-order valence-corrected chi connectivity index (χ3v) is 4.11. The van der Waals surface area contributed by atoms with E-state index >= 15 is 0 Å². The van der Waals surface area contributed by atoms with Gasteiger partial charge in [0.05, 0.1) is 5.02 Å². The van der Waals surface area contributed by atoms with Crippen LogP contribution in [0.1, 0.15) is 19.4 Å². The molecule has 1 aromatic heterocycles. The van der Waals surface area contributed by atoms with Crippen molar-refractivity contribution in [3.05, 3.63) is 22.8 Å². The van der Waals surface area contributed by atoms with E-state index in [0.717, 1.165) is 31.0 Å². The number of ether oxygens (including phenoxy) is 2. The number of aromatic nitrogens is 1. The fourth-order valence-corrected chi connectivity index (χ4v) is 2.64. The first-order chi connectivity index (χ1) is 10.0. The van der Waals surface area contributed by atoms with Gasteiger partial charge in [0.1, 0.15) is 18.0 Å². The van der Waals surface area contributed by atoms with Crippen LogP contribution in [-0.2, 0) is 16.0 Å². The monoisotopic (exact) mass is 313 g/mol. The predicted octanol–water partition coefficient (Wildman–Crippen LogP) is 2.08. The molecule has 1 aliphatic rings. The molecule has 1 saturated heterocycles. The van der Waals surface area contributed by atoms with E-state index in [1.54, 1.807) is 20.4 Å². The Balaban J connectivity index is 2.12. The first-order valence-electron chi connectivity index (χ1n) is 7.23. The second-order valence-corrected chi connectivity index (χ2v) is 6.03. The van der Waals surface area contributed by atoms with Crippen molar-refractivity contribution in [2.75, 3.05) is 32.2 Å². The van der Waals surface area contributed by atoms with Gasteiger partial charge in [0, 0.05) is 46.1 Å². The van der Waals surface area contributed by atoms with Crippen LogP contribution in [0.2, 0.25) is 5.02 Å². The number of nitrogens with one attached hydrogen (secondary N) is 1. The molecule has 0 bridgehead atoms. The molecule has 2 atom stereocenters. The average Bonchev–Trinajstić information content (AvgIpc) is 2.89. The van der Waals surface area contributed by atoms with Crippen LogP contribution in [0.25, 0.3) is 0 Å². The van der Waals surface area contributed by atoms with E-state index in [1.165, 1.54) is 0 Å². The van der Waals surface area contributed by atoms with Gasteiger partial charge in [-0.1, -0.05) is 25.4 Å². The van der Waals surface area contributed by atoms with Crippen molar-refractivity contribution in [3.63, 3.8) is 0 Å². The summed E-state index contributed by atoms with van der Waals surface area (Å²) < 4.78 is 10.9. The molecular weight excluding hydrogens is 290 g/mol. The number of nitrogens with zero attached hydrogens (tertiary/aromatic N) is 2. The van der Waals surface area contributed by atoms with Gasteiger partial charge in [-0.05, 0) is 11.6 Å². The Morgan fingerprint density at radius 1 is 1.33 bits per heavy atom. The van der Waals surface area contributed by atoms with Gasteiger partial charge in [0.25, 0.3) is 0 Å². The maximum absolute atomic E-state index is 6.23. The number of methoxy groups -OCH3 is 2. The zero-order valence-corrected chi connectivity index (χ0v) is 13.9. The van der Waals surface area contributed by atoms with Crippen molar-refractivity contribution < 1.29 is 9.47 Å². The SMILES string of the molecule is COC1CN(c2cc(CNC(C)C)c(Cl)cn2)CC1OC. The van der Waals surface area contributed by atoms with Crippen molar-refractivity contribution in [3.8, 4) is 0 Å². The van der Waals surface area contributed by atoms with Crippen LogP contribution in [0.5, 0.6) is 0 Å². The molecule has 2 unspecified atom stereocenters. The van der Waals surface area contributed by atoms with E-state index in [-0.39, 0.29) is 12.2 Å². The highest BCUT2D eigenvalue weighted by molar-refractivity contribution is 6.31. The molecule has 2 rings (SSSR count). The summed E-state index contributed by atoms with van der Waals surface area (Å²) in [4.78, 5) is 6.62. The van der Waals surface area contributed by atoms with E-state index in [9.17, 15) is 0 Å². The summed E-state index contributed by atoms with van der Waals surface area (Å²) in [6.07, 6.45) is 1.87. The van der Waals surface area contributed by atoms with Crippen LogP contribution in [0, 0.1) is 0 Å². The van der Waals surface area contributed by atoms with Gasteiger partial charge in [-0.3, -0.25) is 0 Å². The number of anilines is 1. The van der Waals surface area contributed by atoms with Crippen molar-refractivity contribution >= 4 is 17.4 Å². The number of halogens is 1. The normalized spacial score (nSPS) is 22.3. The van der Waals surface area contributed by atoms with E-state index < -0.39 is 0 Å². The molecule has 1 aromatic rings. The lowest BCUT2D eigenvalue weighted by Gasteiger charge is -2.18. The molecule has 2 heterocycles. The van der Waals surface area contributed by atoms with Crippen LogP contribution in [0.15, 0.2) is 12.3 Å². The molecule has 118 valence electrons. The number of hydrogen-bond acceptors (Lipinski definition) is 5. The number of pyridine rings is 1. The fourth-order valence-electron chi connectivity index (χ4n) is 2.47.